The van der Waals surface area contributed by atoms with Crippen molar-refractivity contribution < 1.29 is 0 Å². The second-order valence-corrected chi connectivity index (χ2v) is 12.0. The zero-order valence-corrected chi connectivity index (χ0v) is 12.6. The third kappa shape index (κ3) is 2.32. The van der Waals surface area contributed by atoms with Crippen LogP contribution in [0.5, 0.6) is 0 Å². The van der Waals surface area contributed by atoms with Crippen LogP contribution in [0.15, 0.2) is 11.2 Å². The second kappa shape index (κ2) is 4.72. The summed E-state index contributed by atoms with van der Waals surface area (Å²) < 4.78 is 0. The van der Waals surface area contributed by atoms with E-state index in [0.717, 1.165) is 18.3 Å². The largest absolute Gasteiger partial charge is 0.171 e. The lowest BCUT2D eigenvalue weighted by Crippen LogP contribution is -2.44. The van der Waals surface area contributed by atoms with Gasteiger partial charge < -0.3 is 0 Å². The third-order valence-corrected chi connectivity index (χ3v) is 7.21. The molecule has 0 atom stereocenters. The van der Waals surface area contributed by atoms with Crippen LogP contribution in [-0.2, 0) is 0 Å². The van der Waals surface area contributed by atoms with E-state index in [1.807, 2.05) is 5.10 Å². The fourth-order valence-electron chi connectivity index (χ4n) is 4.31. The highest BCUT2D eigenvalue weighted by Gasteiger charge is 2.43. The van der Waals surface area contributed by atoms with Gasteiger partial charge in [0.15, 0.2) is 6.71 Å². The zero-order valence-electron chi connectivity index (χ0n) is 11.6. The molecule has 0 N–H and O–H groups in total. The maximum atomic E-state index is 2.53. The minimum atomic E-state index is -1.08. The molecule has 0 spiro atoms. The van der Waals surface area contributed by atoms with Crippen LogP contribution in [0, 0.1) is 0 Å². The lowest BCUT2D eigenvalue weighted by molar-refractivity contribution is 0.446. The van der Waals surface area contributed by atoms with E-state index >= 15 is 0 Å². The second-order valence-electron chi connectivity index (χ2n) is 6.90. The Balaban J connectivity index is 2.24. The fraction of sp³-hybridized carbons (Fsp3) is 0.857. The van der Waals surface area contributed by atoms with Gasteiger partial charge in [0, 0.05) is 0 Å². The molecule has 2 aliphatic heterocycles. The minimum absolute atomic E-state index is 0.985. The number of rotatable bonds is 2. The van der Waals surface area contributed by atoms with Gasteiger partial charge in [0.1, 0.15) is 0 Å². The van der Waals surface area contributed by atoms with Crippen molar-refractivity contribution in [3.05, 3.63) is 11.2 Å². The molecule has 2 heteroatoms. The molecule has 0 unspecified atom stereocenters. The van der Waals surface area contributed by atoms with E-state index in [1.54, 1.807) is 0 Å². The molecule has 2 saturated heterocycles. The van der Waals surface area contributed by atoms with Gasteiger partial charge in [-0.1, -0.05) is 69.8 Å². The van der Waals surface area contributed by atoms with Crippen molar-refractivity contribution in [2.45, 2.75) is 76.7 Å². The molecule has 2 fully saturated rings. The van der Waals surface area contributed by atoms with Crippen molar-refractivity contribution in [1.82, 2.24) is 0 Å². The Morgan fingerprint density at radius 1 is 1.00 bits per heavy atom. The lowest BCUT2D eigenvalue weighted by atomic mass is 9.27. The molecule has 0 aromatic heterocycles. The van der Waals surface area contributed by atoms with Crippen molar-refractivity contribution in [2.75, 3.05) is 0 Å². The number of hydrogen-bond donors (Lipinski definition) is 0. The molecule has 0 amide bonds. The Labute approximate surface area is 103 Å². The summed E-state index contributed by atoms with van der Waals surface area (Å²) in [5, 5.41) is 1.89. The number of hydrogen-bond acceptors (Lipinski definition) is 0. The summed E-state index contributed by atoms with van der Waals surface area (Å²) in [6.45, 7) is 10.9. The van der Waals surface area contributed by atoms with Gasteiger partial charge in [-0.25, -0.2) is 0 Å². The van der Waals surface area contributed by atoms with Gasteiger partial charge in [-0.3, -0.25) is 0 Å². The van der Waals surface area contributed by atoms with Crippen LogP contribution in [0.4, 0.5) is 0 Å². The minimum Gasteiger partial charge on any atom is -0.114 e. The van der Waals surface area contributed by atoms with Gasteiger partial charge >= 0.3 is 0 Å². The van der Waals surface area contributed by atoms with Crippen LogP contribution in [0.3, 0.4) is 0 Å². The summed E-state index contributed by atoms with van der Waals surface area (Å²) in [6.07, 6.45) is 11.6. The van der Waals surface area contributed by atoms with E-state index in [0.29, 0.717) is 0 Å². The van der Waals surface area contributed by atoms with Crippen molar-refractivity contribution in [3.8, 4) is 0 Å². The summed E-state index contributed by atoms with van der Waals surface area (Å²) >= 11 is 0. The Morgan fingerprint density at radius 2 is 1.44 bits per heavy atom. The predicted molar refractivity (Wildman–Crippen MR) is 78.1 cm³/mol. The van der Waals surface area contributed by atoms with E-state index in [-0.39, 0.29) is 0 Å². The first-order valence-electron chi connectivity index (χ1n) is 7.20. The molecule has 0 aromatic rings. The Bertz CT molecular complexity index is 255. The molecular formula is C14H27BSi. The summed E-state index contributed by atoms with van der Waals surface area (Å²) in [6, 6.07) is 0. The topological polar surface area (TPSA) is 0 Å². The summed E-state index contributed by atoms with van der Waals surface area (Å²) in [5.74, 6) is 2.09. The average molecular weight is 234 g/mol. The highest BCUT2D eigenvalue weighted by Crippen LogP contribution is 2.49. The molecule has 0 aliphatic carbocycles. The summed E-state index contributed by atoms with van der Waals surface area (Å²) in [4.78, 5) is 0. The third-order valence-electron chi connectivity index (χ3n) is 4.85. The van der Waals surface area contributed by atoms with Gasteiger partial charge in [0.25, 0.3) is 0 Å². The molecule has 0 saturated carbocycles. The molecule has 0 radical (unpaired) electrons. The van der Waals surface area contributed by atoms with E-state index in [2.05, 4.69) is 32.6 Å². The van der Waals surface area contributed by atoms with Gasteiger partial charge in [0.2, 0.25) is 0 Å². The first-order chi connectivity index (χ1) is 7.54. The Hall–Kier alpha value is 0.0218. The number of fused-ring (bicyclic) bond motifs is 2. The molecule has 2 aliphatic rings. The quantitative estimate of drug-likeness (QED) is 0.593. The van der Waals surface area contributed by atoms with Crippen LogP contribution >= 0.6 is 0 Å². The van der Waals surface area contributed by atoms with E-state index in [4.69, 9.17) is 0 Å². The first-order valence-corrected chi connectivity index (χ1v) is 10.7. The van der Waals surface area contributed by atoms with Crippen LogP contribution in [0.2, 0.25) is 31.3 Å². The molecule has 2 bridgehead atoms. The van der Waals surface area contributed by atoms with Crippen molar-refractivity contribution in [3.63, 3.8) is 0 Å². The van der Waals surface area contributed by atoms with Crippen LogP contribution < -0.4 is 0 Å². The highest BCUT2D eigenvalue weighted by molar-refractivity contribution is 6.99. The van der Waals surface area contributed by atoms with Crippen LogP contribution in [0.25, 0.3) is 0 Å². The van der Waals surface area contributed by atoms with E-state index in [1.165, 1.54) is 38.5 Å². The standard InChI is InChI=1S/C14H27BSi/c1-5-14(16(2,3)4)15-12-8-6-9-13(15)11-7-10-12/h5,12-13H,6-11H2,1-4H3/b14-5-. The maximum absolute atomic E-state index is 2.53. The molecule has 2 rings (SSSR count). The maximum Gasteiger partial charge on any atom is 0.171 e. The summed E-state index contributed by atoms with van der Waals surface area (Å²) in [5.41, 5.74) is 0. The number of allylic oxidation sites excluding steroid dienone is 1. The Morgan fingerprint density at radius 3 is 1.75 bits per heavy atom. The van der Waals surface area contributed by atoms with Crippen molar-refractivity contribution in [1.29, 1.82) is 0 Å². The fourth-order valence-corrected chi connectivity index (χ4v) is 6.65. The SMILES string of the molecule is C/C=C(/B1C2CCCC1CCC2)[Si](C)(C)C. The van der Waals surface area contributed by atoms with Gasteiger partial charge in [-0.15, -0.1) is 11.2 Å². The predicted octanol–water partition coefficient (Wildman–Crippen LogP) is 4.95. The molecule has 2 heterocycles. The zero-order chi connectivity index (χ0) is 11.8. The van der Waals surface area contributed by atoms with Gasteiger partial charge in [0.05, 0.1) is 8.07 Å². The highest BCUT2D eigenvalue weighted by atomic mass is 28.3. The molecule has 16 heavy (non-hydrogen) atoms. The lowest BCUT2D eigenvalue weighted by Gasteiger charge is -2.44. The van der Waals surface area contributed by atoms with Gasteiger partial charge in [-0.2, -0.15) is 0 Å². The normalized spacial score (nSPS) is 31.8. The smallest absolute Gasteiger partial charge is 0.114 e. The monoisotopic (exact) mass is 234 g/mol. The average Bonchev–Trinajstić information content (AvgIpc) is 2.15. The first kappa shape index (κ1) is 12.5. The van der Waals surface area contributed by atoms with E-state index < -0.39 is 8.07 Å². The molecule has 0 aromatic carbocycles. The summed E-state index contributed by atoms with van der Waals surface area (Å²) in [7, 11) is -1.08. The molecule has 90 valence electrons. The van der Waals surface area contributed by atoms with Crippen LogP contribution in [-0.4, -0.2) is 14.8 Å². The van der Waals surface area contributed by atoms with Crippen molar-refractivity contribution in [2.24, 2.45) is 0 Å². The van der Waals surface area contributed by atoms with Crippen LogP contribution in [0.1, 0.15) is 45.4 Å². The molecule has 0 nitrogen and oxygen atoms in total. The van der Waals surface area contributed by atoms with Crippen molar-refractivity contribution >= 4 is 14.8 Å². The van der Waals surface area contributed by atoms with E-state index in [9.17, 15) is 0 Å². The van der Waals surface area contributed by atoms with Gasteiger partial charge in [-0.05, 0) is 6.92 Å². The molecular weight excluding hydrogens is 207 g/mol. The Kier molecular flexibility index (Phi) is 3.68.